The molecule has 1 aliphatic heterocycles. The number of hydrogen-bond acceptors (Lipinski definition) is 2. The molecule has 3 heteroatoms. The molecule has 3 nitrogen and oxygen atoms in total. The first-order chi connectivity index (χ1) is 8.89. The molecule has 19 heavy (non-hydrogen) atoms. The molecule has 1 aliphatic rings. The highest BCUT2D eigenvalue weighted by molar-refractivity contribution is 5.71. The number of carboxylic acid groups (broad SMARTS) is 1. The third-order valence-electron chi connectivity index (χ3n) is 3.82. The normalized spacial score (nSPS) is 20.4. The summed E-state index contributed by atoms with van der Waals surface area (Å²) in [5.41, 5.74) is 2.56. The highest BCUT2D eigenvalue weighted by atomic mass is 16.4. The van der Waals surface area contributed by atoms with Gasteiger partial charge < -0.3 is 10.0 Å². The summed E-state index contributed by atoms with van der Waals surface area (Å²) >= 11 is 0. The van der Waals surface area contributed by atoms with Gasteiger partial charge in [0, 0.05) is 18.8 Å². The van der Waals surface area contributed by atoms with Crippen molar-refractivity contribution in [2.24, 2.45) is 5.92 Å². The Hall–Kier alpha value is -1.51. The lowest BCUT2D eigenvalue weighted by Gasteiger charge is -2.36. The molecule has 1 N–H and O–H groups in total. The Kier molecular flexibility index (Phi) is 3.83. The SMILES string of the molecule is CC(C)(C)c1ccccc1N1CCCC(C(=O)O)C1. The summed E-state index contributed by atoms with van der Waals surface area (Å²) in [4.78, 5) is 13.4. The van der Waals surface area contributed by atoms with E-state index in [1.807, 2.05) is 6.07 Å². The maximum Gasteiger partial charge on any atom is 0.308 e. The van der Waals surface area contributed by atoms with E-state index in [2.05, 4.69) is 43.9 Å². The fourth-order valence-electron chi connectivity index (χ4n) is 2.78. The predicted octanol–water partition coefficient (Wildman–Crippen LogP) is 3.29. The van der Waals surface area contributed by atoms with Gasteiger partial charge in [-0.25, -0.2) is 0 Å². The summed E-state index contributed by atoms with van der Waals surface area (Å²) in [5, 5.41) is 9.21. The zero-order valence-corrected chi connectivity index (χ0v) is 12.0. The van der Waals surface area contributed by atoms with E-state index in [1.54, 1.807) is 0 Å². The Morgan fingerprint density at radius 3 is 2.63 bits per heavy atom. The first-order valence-corrected chi connectivity index (χ1v) is 6.97. The van der Waals surface area contributed by atoms with Crippen LogP contribution in [-0.2, 0) is 10.2 Å². The lowest BCUT2D eigenvalue weighted by atomic mass is 9.85. The van der Waals surface area contributed by atoms with Crippen molar-refractivity contribution in [3.63, 3.8) is 0 Å². The summed E-state index contributed by atoms with van der Waals surface area (Å²) in [6.45, 7) is 8.18. The van der Waals surface area contributed by atoms with Crippen LogP contribution in [0.2, 0.25) is 0 Å². The zero-order valence-electron chi connectivity index (χ0n) is 12.0. The largest absolute Gasteiger partial charge is 0.481 e. The van der Waals surface area contributed by atoms with Crippen molar-refractivity contribution in [2.75, 3.05) is 18.0 Å². The molecule has 1 fully saturated rings. The van der Waals surface area contributed by atoms with Crippen LogP contribution in [0.4, 0.5) is 5.69 Å². The first-order valence-electron chi connectivity index (χ1n) is 6.97. The number of nitrogens with zero attached hydrogens (tertiary/aromatic N) is 1. The van der Waals surface area contributed by atoms with E-state index in [0.29, 0.717) is 6.54 Å². The Morgan fingerprint density at radius 1 is 1.32 bits per heavy atom. The van der Waals surface area contributed by atoms with Crippen LogP contribution in [0.1, 0.15) is 39.2 Å². The smallest absolute Gasteiger partial charge is 0.308 e. The number of piperidine rings is 1. The van der Waals surface area contributed by atoms with Gasteiger partial charge in [0.1, 0.15) is 0 Å². The minimum absolute atomic E-state index is 0.0762. The van der Waals surface area contributed by atoms with Crippen molar-refractivity contribution in [3.8, 4) is 0 Å². The van der Waals surface area contributed by atoms with Crippen LogP contribution < -0.4 is 4.90 Å². The molecular formula is C16H23NO2. The molecule has 104 valence electrons. The number of benzene rings is 1. The summed E-state index contributed by atoms with van der Waals surface area (Å²) in [7, 11) is 0. The molecule has 1 aromatic carbocycles. The highest BCUT2D eigenvalue weighted by Crippen LogP contribution is 2.33. The minimum atomic E-state index is -0.669. The van der Waals surface area contributed by atoms with Gasteiger partial charge >= 0.3 is 5.97 Å². The third kappa shape index (κ3) is 3.09. The standard InChI is InChI=1S/C16H23NO2/c1-16(2,3)13-8-4-5-9-14(13)17-10-6-7-12(11-17)15(18)19/h4-5,8-9,12H,6-7,10-11H2,1-3H3,(H,18,19). The Morgan fingerprint density at radius 2 is 2.00 bits per heavy atom. The number of carbonyl (C=O) groups is 1. The average molecular weight is 261 g/mol. The Balaban J connectivity index is 2.29. The Labute approximate surface area is 115 Å². The molecule has 0 aromatic heterocycles. The second-order valence-corrected chi connectivity index (χ2v) is 6.39. The quantitative estimate of drug-likeness (QED) is 0.888. The van der Waals surface area contributed by atoms with Gasteiger partial charge in [0.2, 0.25) is 0 Å². The second-order valence-electron chi connectivity index (χ2n) is 6.39. The van der Waals surface area contributed by atoms with E-state index >= 15 is 0 Å². The van der Waals surface area contributed by atoms with Gasteiger partial charge in [-0.3, -0.25) is 4.79 Å². The number of aliphatic carboxylic acids is 1. The number of anilines is 1. The molecule has 0 spiro atoms. The molecule has 1 heterocycles. The second kappa shape index (κ2) is 5.24. The van der Waals surface area contributed by atoms with Crippen LogP contribution in [-0.4, -0.2) is 24.2 Å². The average Bonchev–Trinajstić information content (AvgIpc) is 2.38. The number of para-hydroxylation sites is 1. The van der Waals surface area contributed by atoms with Gasteiger partial charge in [0.25, 0.3) is 0 Å². The fourth-order valence-corrected chi connectivity index (χ4v) is 2.78. The van der Waals surface area contributed by atoms with E-state index in [4.69, 9.17) is 0 Å². The lowest BCUT2D eigenvalue weighted by Crippen LogP contribution is -2.39. The van der Waals surface area contributed by atoms with Crippen LogP contribution in [0.3, 0.4) is 0 Å². The monoisotopic (exact) mass is 261 g/mol. The predicted molar refractivity (Wildman–Crippen MR) is 77.7 cm³/mol. The van der Waals surface area contributed by atoms with Gasteiger partial charge in [0.15, 0.2) is 0 Å². The van der Waals surface area contributed by atoms with Crippen molar-refractivity contribution in [2.45, 2.75) is 39.0 Å². The van der Waals surface area contributed by atoms with Crippen LogP contribution in [0.5, 0.6) is 0 Å². The molecule has 2 rings (SSSR count). The maximum atomic E-state index is 11.2. The van der Waals surface area contributed by atoms with Crippen LogP contribution in [0.15, 0.2) is 24.3 Å². The van der Waals surface area contributed by atoms with Gasteiger partial charge in [-0.1, -0.05) is 39.0 Å². The van der Waals surface area contributed by atoms with Crippen molar-refractivity contribution in [1.82, 2.24) is 0 Å². The van der Waals surface area contributed by atoms with E-state index in [0.717, 1.165) is 19.4 Å². The number of hydrogen-bond donors (Lipinski definition) is 1. The maximum absolute atomic E-state index is 11.2. The molecule has 0 bridgehead atoms. The molecule has 0 radical (unpaired) electrons. The molecule has 1 atom stereocenters. The van der Waals surface area contributed by atoms with Crippen molar-refractivity contribution in [1.29, 1.82) is 0 Å². The molecule has 1 saturated heterocycles. The first kappa shape index (κ1) is 13.9. The lowest BCUT2D eigenvalue weighted by molar-refractivity contribution is -0.141. The van der Waals surface area contributed by atoms with E-state index < -0.39 is 5.97 Å². The van der Waals surface area contributed by atoms with E-state index in [-0.39, 0.29) is 11.3 Å². The molecule has 0 amide bonds. The van der Waals surface area contributed by atoms with Crippen LogP contribution in [0.25, 0.3) is 0 Å². The number of carboxylic acids is 1. The highest BCUT2D eigenvalue weighted by Gasteiger charge is 2.28. The number of rotatable bonds is 2. The summed E-state index contributed by atoms with van der Waals surface area (Å²) < 4.78 is 0. The summed E-state index contributed by atoms with van der Waals surface area (Å²) in [5.74, 6) is -0.903. The van der Waals surface area contributed by atoms with Gasteiger partial charge in [-0.15, -0.1) is 0 Å². The van der Waals surface area contributed by atoms with Crippen LogP contribution >= 0.6 is 0 Å². The fraction of sp³-hybridized carbons (Fsp3) is 0.562. The molecule has 1 unspecified atom stereocenters. The van der Waals surface area contributed by atoms with Crippen molar-refractivity contribution < 1.29 is 9.90 Å². The topological polar surface area (TPSA) is 40.5 Å². The van der Waals surface area contributed by atoms with E-state index in [1.165, 1.54) is 11.3 Å². The molecule has 1 aromatic rings. The van der Waals surface area contributed by atoms with Gasteiger partial charge in [0.05, 0.1) is 5.92 Å². The van der Waals surface area contributed by atoms with Crippen LogP contribution in [0, 0.1) is 5.92 Å². The zero-order chi connectivity index (χ0) is 14.0. The Bertz CT molecular complexity index is 462. The third-order valence-corrected chi connectivity index (χ3v) is 3.82. The molecular weight excluding hydrogens is 238 g/mol. The summed E-state index contributed by atoms with van der Waals surface area (Å²) in [6, 6.07) is 8.36. The van der Waals surface area contributed by atoms with Gasteiger partial charge in [-0.2, -0.15) is 0 Å². The van der Waals surface area contributed by atoms with E-state index in [9.17, 15) is 9.90 Å². The van der Waals surface area contributed by atoms with Crippen molar-refractivity contribution in [3.05, 3.63) is 29.8 Å². The molecule has 0 saturated carbocycles. The van der Waals surface area contributed by atoms with Crippen molar-refractivity contribution >= 4 is 11.7 Å². The molecule has 0 aliphatic carbocycles. The van der Waals surface area contributed by atoms with Gasteiger partial charge in [-0.05, 0) is 29.9 Å². The summed E-state index contributed by atoms with van der Waals surface area (Å²) in [6.07, 6.45) is 1.75. The minimum Gasteiger partial charge on any atom is -0.481 e.